The predicted octanol–water partition coefficient (Wildman–Crippen LogP) is 4.18. The highest BCUT2D eigenvalue weighted by Crippen LogP contribution is 2.39. The number of anilines is 2. The molecule has 1 saturated carbocycles. The van der Waals surface area contributed by atoms with Crippen LogP contribution in [0.15, 0.2) is 48.9 Å². The van der Waals surface area contributed by atoms with Crippen LogP contribution in [-0.2, 0) is 9.53 Å². The first-order chi connectivity index (χ1) is 19.7. The quantitative estimate of drug-likeness (QED) is 0.258. The summed E-state index contributed by atoms with van der Waals surface area (Å²) in [6.07, 6.45) is 6.56. The van der Waals surface area contributed by atoms with Crippen molar-refractivity contribution in [2.75, 3.05) is 25.6 Å². The number of nitrogens with two attached hydrogens (primary N) is 1. The standard InChI is InChI=1S/C29H33F2N7O3/c1-16-10-18(11-24(32)28(16)35-17(2)39)21-6-7-33-15-26(21)36-29-34-14-19-4-5-25(37-38(19)29)27-22(30)12-20(13-23(27)31)41-9-8-40-3/h4-7,12-16,18,24,28H,8-11,32H2,1-3H3,(H,34,36)(H,35,39). The largest absolute Gasteiger partial charge is 0.491 e. The number of hydrogen-bond acceptors (Lipinski definition) is 8. The average Bonchev–Trinajstić information content (AvgIpc) is 3.32. The molecule has 0 saturated heterocycles. The number of hydrogen-bond donors (Lipinski definition) is 3. The van der Waals surface area contributed by atoms with Gasteiger partial charge in [-0.15, -0.1) is 0 Å². The van der Waals surface area contributed by atoms with E-state index in [0.29, 0.717) is 24.5 Å². The van der Waals surface area contributed by atoms with Crippen molar-refractivity contribution < 1.29 is 23.0 Å². The van der Waals surface area contributed by atoms with E-state index in [1.54, 1.807) is 30.7 Å². The molecular weight excluding hydrogens is 532 g/mol. The lowest BCUT2D eigenvalue weighted by atomic mass is 9.73. The zero-order valence-electron chi connectivity index (χ0n) is 23.1. The van der Waals surface area contributed by atoms with Gasteiger partial charge < -0.3 is 25.8 Å². The van der Waals surface area contributed by atoms with Gasteiger partial charge in [0.05, 0.1) is 41.5 Å². The number of amides is 1. The monoisotopic (exact) mass is 565 g/mol. The Bertz CT molecular complexity index is 1510. The van der Waals surface area contributed by atoms with Crippen LogP contribution in [0.1, 0.15) is 38.2 Å². The summed E-state index contributed by atoms with van der Waals surface area (Å²) in [4.78, 5) is 20.4. The van der Waals surface area contributed by atoms with Crippen molar-refractivity contribution in [2.24, 2.45) is 11.7 Å². The molecule has 1 aromatic carbocycles. The number of nitrogens with zero attached hydrogens (tertiary/aromatic N) is 4. The molecule has 10 nitrogen and oxygen atoms in total. The maximum absolute atomic E-state index is 15.0. The van der Waals surface area contributed by atoms with E-state index in [1.807, 2.05) is 6.07 Å². The SMILES string of the molecule is COCCOc1cc(F)c(-c2ccc3cnc(Nc4cnccc4C4CC(C)C(NC(C)=O)C(N)C4)n3n2)c(F)c1. The first-order valence-corrected chi connectivity index (χ1v) is 13.4. The predicted molar refractivity (Wildman–Crippen MR) is 150 cm³/mol. The van der Waals surface area contributed by atoms with Gasteiger partial charge in [0.15, 0.2) is 0 Å². The summed E-state index contributed by atoms with van der Waals surface area (Å²) in [5.74, 6) is -0.963. The molecule has 12 heteroatoms. The molecule has 4 aromatic rings. The summed E-state index contributed by atoms with van der Waals surface area (Å²) < 4.78 is 41.8. The lowest BCUT2D eigenvalue weighted by Gasteiger charge is -2.39. The number of pyridine rings is 1. The van der Waals surface area contributed by atoms with E-state index in [9.17, 15) is 4.79 Å². The number of imidazole rings is 1. The Morgan fingerprint density at radius 2 is 1.93 bits per heavy atom. The van der Waals surface area contributed by atoms with Gasteiger partial charge in [0.2, 0.25) is 11.9 Å². The second kappa shape index (κ2) is 12.1. The Balaban J connectivity index is 1.42. The zero-order chi connectivity index (χ0) is 29.1. The highest BCUT2D eigenvalue weighted by molar-refractivity contribution is 5.73. The Morgan fingerprint density at radius 3 is 2.63 bits per heavy atom. The van der Waals surface area contributed by atoms with Crippen LogP contribution in [0.3, 0.4) is 0 Å². The van der Waals surface area contributed by atoms with Gasteiger partial charge in [0.1, 0.15) is 24.0 Å². The lowest BCUT2D eigenvalue weighted by Crippen LogP contribution is -2.54. The highest BCUT2D eigenvalue weighted by atomic mass is 19.1. The fourth-order valence-electron chi connectivity index (χ4n) is 5.54. The molecule has 4 unspecified atom stereocenters. The van der Waals surface area contributed by atoms with Gasteiger partial charge in [0.25, 0.3) is 0 Å². The molecule has 1 amide bonds. The van der Waals surface area contributed by atoms with Crippen molar-refractivity contribution in [3.8, 4) is 17.0 Å². The maximum Gasteiger partial charge on any atom is 0.229 e. The summed E-state index contributed by atoms with van der Waals surface area (Å²) >= 11 is 0. The number of rotatable bonds is 9. The second-order valence-electron chi connectivity index (χ2n) is 10.4. The summed E-state index contributed by atoms with van der Waals surface area (Å²) in [6, 6.07) is 7.14. The normalized spacial score (nSPS) is 20.6. The van der Waals surface area contributed by atoms with Gasteiger partial charge in [-0.3, -0.25) is 9.78 Å². The molecule has 1 aliphatic carbocycles. The average molecular weight is 566 g/mol. The molecule has 4 N–H and O–H groups in total. The number of carbonyl (C=O) groups excluding carboxylic acids is 1. The number of aromatic nitrogens is 4. The van der Waals surface area contributed by atoms with Gasteiger partial charge in [0, 0.05) is 44.4 Å². The number of fused-ring (bicyclic) bond motifs is 1. The van der Waals surface area contributed by atoms with Crippen LogP contribution in [0, 0.1) is 17.6 Å². The Labute approximate surface area is 236 Å². The Kier molecular flexibility index (Phi) is 8.41. The molecule has 0 radical (unpaired) electrons. The topological polar surface area (TPSA) is 129 Å². The van der Waals surface area contributed by atoms with Crippen LogP contribution in [0.5, 0.6) is 5.75 Å². The van der Waals surface area contributed by atoms with E-state index in [1.165, 1.54) is 18.5 Å². The number of ether oxygens (including phenoxy) is 2. The van der Waals surface area contributed by atoms with Gasteiger partial charge >= 0.3 is 0 Å². The second-order valence-corrected chi connectivity index (χ2v) is 10.4. The third-order valence-corrected chi connectivity index (χ3v) is 7.41. The number of benzene rings is 1. The summed E-state index contributed by atoms with van der Waals surface area (Å²) in [6.45, 7) is 4.05. The van der Waals surface area contributed by atoms with E-state index in [0.717, 1.165) is 29.8 Å². The summed E-state index contributed by atoms with van der Waals surface area (Å²) in [7, 11) is 1.51. The lowest BCUT2D eigenvalue weighted by molar-refractivity contribution is -0.120. The molecule has 0 bridgehead atoms. The minimum absolute atomic E-state index is 0.0658. The number of carbonyl (C=O) groups is 1. The third-order valence-electron chi connectivity index (χ3n) is 7.41. The van der Waals surface area contributed by atoms with E-state index in [-0.39, 0.29) is 53.4 Å². The molecule has 1 aliphatic rings. The molecule has 3 aromatic heterocycles. The van der Waals surface area contributed by atoms with Crippen molar-refractivity contribution >= 4 is 23.1 Å². The Morgan fingerprint density at radius 1 is 1.15 bits per heavy atom. The fourth-order valence-corrected chi connectivity index (χ4v) is 5.54. The molecule has 41 heavy (non-hydrogen) atoms. The van der Waals surface area contributed by atoms with Gasteiger partial charge in [-0.1, -0.05) is 6.92 Å². The van der Waals surface area contributed by atoms with Crippen molar-refractivity contribution in [1.29, 1.82) is 0 Å². The number of nitrogens with one attached hydrogen (secondary N) is 2. The van der Waals surface area contributed by atoms with Crippen LogP contribution in [0.25, 0.3) is 16.8 Å². The summed E-state index contributed by atoms with van der Waals surface area (Å²) in [5, 5.41) is 10.8. The van der Waals surface area contributed by atoms with Crippen LogP contribution in [-0.4, -0.2) is 57.9 Å². The van der Waals surface area contributed by atoms with E-state index in [2.05, 4.69) is 32.6 Å². The molecule has 3 heterocycles. The molecule has 5 rings (SSSR count). The van der Waals surface area contributed by atoms with Crippen molar-refractivity contribution in [3.05, 3.63) is 66.1 Å². The number of methoxy groups -OCH3 is 1. The molecule has 0 spiro atoms. The minimum Gasteiger partial charge on any atom is -0.491 e. The first kappa shape index (κ1) is 28.4. The fraction of sp³-hybridized carbons (Fsp3) is 0.379. The smallest absolute Gasteiger partial charge is 0.229 e. The molecule has 4 atom stereocenters. The molecule has 1 fully saturated rings. The third kappa shape index (κ3) is 6.13. The first-order valence-electron chi connectivity index (χ1n) is 13.4. The van der Waals surface area contributed by atoms with E-state index in [4.69, 9.17) is 15.2 Å². The molecule has 0 aliphatic heterocycles. The van der Waals surface area contributed by atoms with Crippen molar-refractivity contribution in [1.82, 2.24) is 24.9 Å². The van der Waals surface area contributed by atoms with Gasteiger partial charge in [-0.05, 0) is 48.4 Å². The molecular formula is C29H33F2N7O3. The van der Waals surface area contributed by atoms with Crippen LogP contribution in [0.4, 0.5) is 20.4 Å². The van der Waals surface area contributed by atoms with Crippen LogP contribution < -0.4 is 21.1 Å². The zero-order valence-corrected chi connectivity index (χ0v) is 23.1. The molecule has 216 valence electrons. The minimum atomic E-state index is -0.797. The van der Waals surface area contributed by atoms with Crippen LogP contribution >= 0.6 is 0 Å². The van der Waals surface area contributed by atoms with Gasteiger partial charge in [-0.2, -0.15) is 9.61 Å². The van der Waals surface area contributed by atoms with Gasteiger partial charge in [-0.25, -0.2) is 13.8 Å². The summed E-state index contributed by atoms with van der Waals surface area (Å²) in [5.41, 5.74) is 8.69. The van der Waals surface area contributed by atoms with Crippen molar-refractivity contribution in [3.63, 3.8) is 0 Å². The maximum atomic E-state index is 15.0. The van der Waals surface area contributed by atoms with E-state index >= 15 is 8.78 Å². The highest BCUT2D eigenvalue weighted by Gasteiger charge is 2.35. The number of halogens is 2. The van der Waals surface area contributed by atoms with Crippen molar-refractivity contribution in [2.45, 2.75) is 44.7 Å². The Hall–Kier alpha value is -4.16. The van der Waals surface area contributed by atoms with Crippen LogP contribution in [0.2, 0.25) is 0 Å². The van der Waals surface area contributed by atoms with E-state index < -0.39 is 11.6 Å².